The summed E-state index contributed by atoms with van der Waals surface area (Å²) in [4.78, 5) is 25.5. The summed E-state index contributed by atoms with van der Waals surface area (Å²) in [6, 6.07) is 14.3. The molecule has 4 rings (SSSR count). The molecular weight excluding hydrogens is 368 g/mol. The molecule has 0 radical (unpaired) electrons. The van der Waals surface area contributed by atoms with E-state index in [0.717, 1.165) is 5.52 Å². The molecule has 0 bridgehead atoms. The number of nitrogens with zero attached hydrogens (tertiary/aromatic N) is 4. The van der Waals surface area contributed by atoms with Gasteiger partial charge in [-0.3, -0.25) is 4.79 Å². The molecule has 3 heterocycles. The van der Waals surface area contributed by atoms with E-state index in [1.54, 1.807) is 30.5 Å². The number of rotatable bonds is 4. The van der Waals surface area contributed by atoms with E-state index in [9.17, 15) is 14.9 Å². The maximum Gasteiger partial charge on any atom is 0.359 e. The number of hydrogen-bond donors (Lipinski definition) is 0. The van der Waals surface area contributed by atoms with Crippen LogP contribution in [0.25, 0.3) is 16.3 Å². The fourth-order valence-electron chi connectivity index (χ4n) is 3.33. The molecule has 0 N–H and O–H groups in total. The molecule has 0 saturated heterocycles. The van der Waals surface area contributed by atoms with Crippen molar-refractivity contribution in [1.82, 2.24) is 14.2 Å². The number of esters is 1. The Morgan fingerprint density at radius 3 is 2.62 bits per heavy atom. The molecule has 144 valence electrons. The molecule has 0 aliphatic heterocycles. The molecule has 0 saturated carbocycles. The Balaban J connectivity index is 1.71. The van der Waals surface area contributed by atoms with Crippen LogP contribution in [-0.4, -0.2) is 20.2 Å². The minimum absolute atomic E-state index is 0.0692. The van der Waals surface area contributed by atoms with Gasteiger partial charge in [0, 0.05) is 23.3 Å². The Labute approximate surface area is 166 Å². The fourth-order valence-corrected chi connectivity index (χ4v) is 3.33. The van der Waals surface area contributed by atoms with Crippen LogP contribution >= 0.6 is 0 Å². The molecule has 3 aromatic heterocycles. The highest BCUT2D eigenvalue weighted by Crippen LogP contribution is 2.20. The van der Waals surface area contributed by atoms with Crippen LogP contribution in [0.15, 0.2) is 59.7 Å². The van der Waals surface area contributed by atoms with Gasteiger partial charge in [-0.1, -0.05) is 24.3 Å². The van der Waals surface area contributed by atoms with Crippen molar-refractivity contribution < 1.29 is 9.53 Å². The van der Waals surface area contributed by atoms with Crippen molar-refractivity contribution in [3.05, 3.63) is 82.0 Å². The fraction of sp³-hybridized carbons (Fsp3) is 0.182. The van der Waals surface area contributed by atoms with Crippen molar-refractivity contribution in [3.63, 3.8) is 0 Å². The number of carbonyl (C=O) groups is 1. The molecule has 29 heavy (non-hydrogen) atoms. The minimum atomic E-state index is -0.644. The molecule has 7 heteroatoms. The zero-order valence-corrected chi connectivity index (χ0v) is 16.0. The van der Waals surface area contributed by atoms with Crippen LogP contribution in [-0.2, 0) is 11.3 Å². The molecule has 1 aromatic carbocycles. The number of carbonyl (C=O) groups excluding carboxylic acids is 1. The second-order valence-electron chi connectivity index (χ2n) is 6.95. The quantitative estimate of drug-likeness (QED) is 0.501. The number of ether oxygens (including phenoxy) is 1. The molecule has 0 aliphatic carbocycles. The summed E-state index contributed by atoms with van der Waals surface area (Å²) in [5.41, 5.74) is 1.64. The number of nitriles is 1. The predicted molar refractivity (Wildman–Crippen MR) is 108 cm³/mol. The first-order valence-corrected chi connectivity index (χ1v) is 9.18. The normalized spacial score (nSPS) is 11.1. The lowest BCUT2D eigenvalue weighted by molar-refractivity contribution is 0.0465. The van der Waals surface area contributed by atoms with E-state index >= 15 is 0 Å². The highest BCUT2D eigenvalue weighted by molar-refractivity contribution is 6.02. The SMILES string of the molecule is CC(C)n1nc(C(=O)OCc2cn3ccccc3c2C#N)c2ccccc2c1=O. The van der Waals surface area contributed by atoms with Gasteiger partial charge in [0.1, 0.15) is 12.7 Å². The van der Waals surface area contributed by atoms with E-state index in [2.05, 4.69) is 11.2 Å². The number of pyridine rings is 1. The number of fused-ring (bicyclic) bond motifs is 2. The Bertz CT molecular complexity index is 1340. The Hall–Kier alpha value is -3.92. The molecule has 0 amide bonds. The van der Waals surface area contributed by atoms with Crippen molar-refractivity contribution in [2.45, 2.75) is 26.5 Å². The largest absolute Gasteiger partial charge is 0.456 e. The van der Waals surface area contributed by atoms with Gasteiger partial charge in [-0.2, -0.15) is 10.4 Å². The lowest BCUT2D eigenvalue weighted by atomic mass is 10.1. The molecule has 0 fully saturated rings. The third kappa shape index (κ3) is 3.15. The lowest BCUT2D eigenvalue weighted by Crippen LogP contribution is -2.27. The van der Waals surface area contributed by atoms with Crippen LogP contribution < -0.4 is 5.56 Å². The van der Waals surface area contributed by atoms with Gasteiger partial charge in [0.25, 0.3) is 5.56 Å². The molecule has 0 unspecified atom stereocenters. The van der Waals surface area contributed by atoms with E-state index < -0.39 is 5.97 Å². The topological polar surface area (TPSA) is 89.4 Å². The third-order valence-electron chi connectivity index (χ3n) is 4.74. The van der Waals surface area contributed by atoms with Gasteiger partial charge in [-0.15, -0.1) is 0 Å². The van der Waals surface area contributed by atoms with Crippen molar-refractivity contribution in [2.75, 3.05) is 0 Å². The molecule has 0 aliphatic rings. The van der Waals surface area contributed by atoms with E-state index in [-0.39, 0.29) is 23.9 Å². The second-order valence-corrected chi connectivity index (χ2v) is 6.95. The van der Waals surface area contributed by atoms with Gasteiger partial charge in [0.05, 0.1) is 22.5 Å². The van der Waals surface area contributed by atoms with E-state index in [1.165, 1.54) is 4.68 Å². The molecule has 0 spiro atoms. The summed E-state index contributed by atoms with van der Waals surface area (Å²) >= 11 is 0. The Morgan fingerprint density at radius 1 is 1.17 bits per heavy atom. The van der Waals surface area contributed by atoms with E-state index in [1.807, 2.05) is 42.6 Å². The first-order valence-electron chi connectivity index (χ1n) is 9.18. The summed E-state index contributed by atoms with van der Waals surface area (Å²) in [6.07, 6.45) is 3.59. The van der Waals surface area contributed by atoms with Crippen molar-refractivity contribution in [2.24, 2.45) is 0 Å². The van der Waals surface area contributed by atoms with Crippen molar-refractivity contribution in [3.8, 4) is 6.07 Å². The smallest absolute Gasteiger partial charge is 0.359 e. The van der Waals surface area contributed by atoms with Gasteiger partial charge in [-0.05, 0) is 32.0 Å². The zero-order chi connectivity index (χ0) is 20.5. The highest BCUT2D eigenvalue weighted by Gasteiger charge is 2.20. The highest BCUT2D eigenvalue weighted by atomic mass is 16.5. The summed E-state index contributed by atoms with van der Waals surface area (Å²) < 4.78 is 8.59. The van der Waals surface area contributed by atoms with Gasteiger partial charge < -0.3 is 9.14 Å². The number of benzene rings is 1. The van der Waals surface area contributed by atoms with Gasteiger partial charge >= 0.3 is 5.97 Å². The second kappa shape index (κ2) is 7.24. The lowest BCUT2D eigenvalue weighted by Gasteiger charge is -2.13. The van der Waals surface area contributed by atoms with Crippen LogP contribution in [0.4, 0.5) is 0 Å². The molecular formula is C22H18N4O3. The number of hydrogen-bond acceptors (Lipinski definition) is 5. The van der Waals surface area contributed by atoms with Crippen molar-refractivity contribution in [1.29, 1.82) is 5.26 Å². The third-order valence-corrected chi connectivity index (χ3v) is 4.74. The summed E-state index contributed by atoms with van der Waals surface area (Å²) in [6.45, 7) is 3.58. The average Bonchev–Trinajstić information content (AvgIpc) is 3.09. The van der Waals surface area contributed by atoms with Crippen LogP contribution in [0.1, 0.15) is 41.5 Å². The van der Waals surface area contributed by atoms with Crippen LogP contribution in [0, 0.1) is 11.3 Å². The summed E-state index contributed by atoms with van der Waals surface area (Å²) in [5, 5.41) is 14.6. The predicted octanol–water partition coefficient (Wildman–Crippen LogP) is 3.46. The van der Waals surface area contributed by atoms with Gasteiger partial charge in [0.2, 0.25) is 0 Å². The molecule has 7 nitrogen and oxygen atoms in total. The van der Waals surface area contributed by atoms with Gasteiger partial charge in [-0.25, -0.2) is 9.48 Å². The maximum atomic E-state index is 12.8. The number of aromatic nitrogens is 3. The monoisotopic (exact) mass is 386 g/mol. The minimum Gasteiger partial charge on any atom is -0.456 e. The van der Waals surface area contributed by atoms with Crippen LogP contribution in [0.5, 0.6) is 0 Å². The summed E-state index contributed by atoms with van der Waals surface area (Å²) in [7, 11) is 0. The standard InChI is InChI=1S/C22H18N4O3/c1-14(2)26-21(27)17-8-4-3-7-16(17)20(24-26)22(28)29-13-15-12-25-10-6-5-9-19(25)18(15)11-23/h3-10,12,14H,13H2,1-2H3. The Morgan fingerprint density at radius 2 is 1.90 bits per heavy atom. The first kappa shape index (κ1) is 18.4. The average molecular weight is 386 g/mol. The van der Waals surface area contributed by atoms with Crippen molar-refractivity contribution >= 4 is 22.3 Å². The molecule has 4 aromatic rings. The zero-order valence-electron chi connectivity index (χ0n) is 16.0. The Kier molecular flexibility index (Phi) is 4.61. The summed E-state index contributed by atoms with van der Waals surface area (Å²) in [5.74, 6) is -0.644. The van der Waals surface area contributed by atoms with Crippen LogP contribution in [0.2, 0.25) is 0 Å². The first-order chi connectivity index (χ1) is 14.0. The maximum absolute atomic E-state index is 12.8. The van der Waals surface area contributed by atoms with Crippen LogP contribution in [0.3, 0.4) is 0 Å². The molecule has 0 atom stereocenters. The van der Waals surface area contributed by atoms with Gasteiger partial charge in [0.15, 0.2) is 5.69 Å². The van der Waals surface area contributed by atoms with E-state index in [4.69, 9.17) is 4.74 Å². The van der Waals surface area contributed by atoms with E-state index in [0.29, 0.717) is 21.9 Å².